The van der Waals surface area contributed by atoms with E-state index >= 15 is 0 Å². The van der Waals surface area contributed by atoms with Gasteiger partial charge in [-0.25, -0.2) is 9.78 Å². The molecule has 5 nitrogen and oxygen atoms in total. The number of hydrogen-bond donors (Lipinski definition) is 1. The van der Waals surface area contributed by atoms with Gasteiger partial charge in [0.05, 0.1) is 11.1 Å². The second-order valence-electron chi connectivity index (χ2n) is 4.88. The third kappa shape index (κ3) is 3.48. The molecular weight excluding hydrogens is 266 g/mol. The molecule has 0 aromatic carbocycles. The van der Waals surface area contributed by atoms with E-state index in [0.717, 1.165) is 31.2 Å². The predicted molar refractivity (Wildman–Crippen MR) is 78.5 cm³/mol. The number of unbranched alkanes of at least 4 members (excludes halogenated alkanes) is 2. The van der Waals surface area contributed by atoms with Crippen molar-refractivity contribution in [1.82, 2.24) is 9.55 Å². The second-order valence-corrected chi connectivity index (χ2v) is 4.88. The van der Waals surface area contributed by atoms with Gasteiger partial charge in [0.1, 0.15) is 11.9 Å². The number of aryl methyl sites for hydroxylation is 1. The Morgan fingerprint density at radius 2 is 2.19 bits per heavy atom. The van der Waals surface area contributed by atoms with Crippen molar-refractivity contribution in [3.05, 3.63) is 47.4 Å². The van der Waals surface area contributed by atoms with Crippen LogP contribution in [0.25, 0.3) is 5.82 Å². The Bertz CT molecular complexity index is 666. The number of nitrogens with zero attached hydrogens (tertiary/aromatic N) is 3. The lowest BCUT2D eigenvalue weighted by Crippen LogP contribution is -2.00. The van der Waals surface area contributed by atoms with Crippen molar-refractivity contribution in [1.29, 1.82) is 5.26 Å². The fraction of sp³-hybridized carbons (Fsp3) is 0.312. The molecule has 0 aliphatic heterocycles. The van der Waals surface area contributed by atoms with Gasteiger partial charge in [-0.1, -0.05) is 19.8 Å². The van der Waals surface area contributed by atoms with Crippen LogP contribution in [0, 0.1) is 11.3 Å². The lowest BCUT2D eigenvalue weighted by molar-refractivity contribution is 0.0696. The van der Waals surface area contributed by atoms with Crippen LogP contribution in [0.3, 0.4) is 0 Å². The summed E-state index contributed by atoms with van der Waals surface area (Å²) in [5.41, 5.74) is 1.81. The molecule has 2 aromatic rings. The van der Waals surface area contributed by atoms with Crippen molar-refractivity contribution < 1.29 is 9.90 Å². The summed E-state index contributed by atoms with van der Waals surface area (Å²) in [5.74, 6) is -0.391. The first kappa shape index (κ1) is 14.8. The fourth-order valence-electron chi connectivity index (χ4n) is 2.16. The van der Waals surface area contributed by atoms with Crippen molar-refractivity contribution in [3.8, 4) is 11.9 Å². The van der Waals surface area contributed by atoms with E-state index in [1.165, 1.54) is 12.3 Å². The summed E-state index contributed by atoms with van der Waals surface area (Å²) in [6.45, 7) is 2.14. The summed E-state index contributed by atoms with van der Waals surface area (Å²) >= 11 is 0. The Kier molecular flexibility index (Phi) is 4.72. The topological polar surface area (TPSA) is 78.9 Å². The van der Waals surface area contributed by atoms with E-state index in [-0.39, 0.29) is 5.56 Å². The summed E-state index contributed by atoms with van der Waals surface area (Å²) in [6.07, 6.45) is 9.17. The number of aromatic carboxylic acids is 1. The summed E-state index contributed by atoms with van der Waals surface area (Å²) in [4.78, 5) is 14.9. The number of hydrogen-bond acceptors (Lipinski definition) is 3. The quantitative estimate of drug-likeness (QED) is 0.826. The van der Waals surface area contributed by atoms with E-state index in [1.807, 2.05) is 6.20 Å². The van der Waals surface area contributed by atoms with Crippen molar-refractivity contribution in [2.45, 2.75) is 32.6 Å². The summed E-state index contributed by atoms with van der Waals surface area (Å²) in [6, 6.07) is 5.35. The number of carboxylic acid groups (broad SMARTS) is 1. The van der Waals surface area contributed by atoms with Crippen LogP contribution in [0.1, 0.15) is 47.7 Å². The van der Waals surface area contributed by atoms with Crippen LogP contribution in [0.15, 0.2) is 30.7 Å². The van der Waals surface area contributed by atoms with E-state index < -0.39 is 5.97 Å². The number of aromatic nitrogens is 2. The third-order valence-corrected chi connectivity index (χ3v) is 3.34. The number of pyridine rings is 1. The zero-order chi connectivity index (χ0) is 15.2. The Hall–Kier alpha value is -2.61. The van der Waals surface area contributed by atoms with Gasteiger partial charge >= 0.3 is 5.97 Å². The SMILES string of the molecule is CCCCCc1cn(-c2ccc(C(=O)O)cn2)cc1C#N. The van der Waals surface area contributed by atoms with Crippen LogP contribution in [-0.2, 0) is 6.42 Å². The lowest BCUT2D eigenvalue weighted by Gasteiger charge is -2.01. The van der Waals surface area contributed by atoms with Crippen LogP contribution < -0.4 is 0 Å². The van der Waals surface area contributed by atoms with Gasteiger partial charge in [0.2, 0.25) is 0 Å². The molecule has 0 saturated heterocycles. The maximum Gasteiger partial charge on any atom is 0.337 e. The van der Waals surface area contributed by atoms with Gasteiger partial charge in [-0.2, -0.15) is 5.26 Å². The second kappa shape index (κ2) is 6.71. The van der Waals surface area contributed by atoms with Gasteiger partial charge in [-0.05, 0) is 30.5 Å². The maximum absolute atomic E-state index is 10.8. The van der Waals surface area contributed by atoms with Gasteiger partial charge in [0, 0.05) is 18.6 Å². The minimum absolute atomic E-state index is 0.148. The largest absolute Gasteiger partial charge is 0.478 e. The van der Waals surface area contributed by atoms with E-state index in [1.54, 1.807) is 16.8 Å². The first-order valence-electron chi connectivity index (χ1n) is 6.96. The monoisotopic (exact) mass is 283 g/mol. The lowest BCUT2D eigenvalue weighted by atomic mass is 10.1. The maximum atomic E-state index is 10.8. The van der Waals surface area contributed by atoms with Gasteiger partial charge in [0.15, 0.2) is 0 Å². The van der Waals surface area contributed by atoms with E-state index in [2.05, 4.69) is 18.0 Å². The van der Waals surface area contributed by atoms with Crippen molar-refractivity contribution in [2.24, 2.45) is 0 Å². The molecule has 5 heteroatoms. The van der Waals surface area contributed by atoms with Crippen LogP contribution in [0.2, 0.25) is 0 Å². The van der Waals surface area contributed by atoms with Crippen LogP contribution in [0.5, 0.6) is 0 Å². The first-order chi connectivity index (χ1) is 10.2. The summed E-state index contributed by atoms with van der Waals surface area (Å²) in [7, 11) is 0. The van der Waals surface area contributed by atoms with Crippen molar-refractivity contribution in [2.75, 3.05) is 0 Å². The third-order valence-electron chi connectivity index (χ3n) is 3.34. The molecule has 0 saturated carbocycles. The Morgan fingerprint density at radius 1 is 1.38 bits per heavy atom. The summed E-state index contributed by atoms with van der Waals surface area (Å²) in [5, 5.41) is 18.1. The first-order valence-corrected chi connectivity index (χ1v) is 6.96. The molecule has 2 rings (SSSR count). The predicted octanol–water partition coefficient (Wildman–Crippen LogP) is 3.17. The highest BCUT2D eigenvalue weighted by Crippen LogP contribution is 2.17. The zero-order valence-corrected chi connectivity index (χ0v) is 11.9. The minimum atomic E-state index is -1.00. The molecule has 2 aromatic heterocycles. The van der Waals surface area contributed by atoms with Gasteiger partial charge in [-0.15, -0.1) is 0 Å². The number of carboxylic acids is 1. The fourth-order valence-corrected chi connectivity index (χ4v) is 2.16. The zero-order valence-electron chi connectivity index (χ0n) is 11.9. The van der Waals surface area contributed by atoms with E-state index in [4.69, 9.17) is 5.11 Å². The average Bonchev–Trinajstić information content (AvgIpc) is 2.91. The number of carbonyl (C=O) groups is 1. The molecule has 2 heterocycles. The highest BCUT2D eigenvalue weighted by Gasteiger charge is 2.09. The minimum Gasteiger partial charge on any atom is -0.478 e. The normalized spacial score (nSPS) is 10.3. The van der Waals surface area contributed by atoms with Gasteiger partial charge in [-0.3, -0.25) is 0 Å². The highest BCUT2D eigenvalue weighted by molar-refractivity contribution is 5.87. The molecule has 0 spiro atoms. The number of nitriles is 1. The van der Waals surface area contributed by atoms with Crippen LogP contribution in [0.4, 0.5) is 0 Å². The van der Waals surface area contributed by atoms with Crippen molar-refractivity contribution >= 4 is 5.97 Å². The molecule has 0 amide bonds. The molecule has 1 N–H and O–H groups in total. The Labute approximate surface area is 123 Å². The molecule has 108 valence electrons. The summed E-state index contributed by atoms with van der Waals surface area (Å²) < 4.78 is 1.77. The molecule has 0 fully saturated rings. The smallest absolute Gasteiger partial charge is 0.337 e. The van der Waals surface area contributed by atoms with Crippen LogP contribution >= 0.6 is 0 Å². The molecule has 0 radical (unpaired) electrons. The van der Waals surface area contributed by atoms with Gasteiger partial charge < -0.3 is 9.67 Å². The Balaban J connectivity index is 2.23. The molecule has 0 aliphatic carbocycles. The Morgan fingerprint density at radius 3 is 2.76 bits per heavy atom. The molecule has 0 atom stereocenters. The highest BCUT2D eigenvalue weighted by atomic mass is 16.4. The standard InChI is InChI=1S/C16H17N3O2/c1-2-3-4-5-13-10-19(11-14(13)8-17)15-7-6-12(9-18-15)16(20)21/h6-7,9-11H,2-5H2,1H3,(H,20,21). The number of rotatable bonds is 6. The van der Waals surface area contributed by atoms with E-state index in [0.29, 0.717) is 11.4 Å². The molecule has 0 aliphatic rings. The van der Waals surface area contributed by atoms with Gasteiger partial charge in [0.25, 0.3) is 0 Å². The van der Waals surface area contributed by atoms with Crippen molar-refractivity contribution in [3.63, 3.8) is 0 Å². The molecule has 21 heavy (non-hydrogen) atoms. The van der Waals surface area contributed by atoms with E-state index in [9.17, 15) is 10.1 Å². The average molecular weight is 283 g/mol. The van der Waals surface area contributed by atoms with Crippen LogP contribution in [-0.4, -0.2) is 20.6 Å². The molecule has 0 unspecified atom stereocenters. The molecule has 0 bridgehead atoms. The molecular formula is C16H17N3O2.